The average molecular weight is 323 g/mol. The molecule has 3 atom stereocenters. The number of hydrogen-bond acceptors (Lipinski definition) is 4. The smallest absolute Gasteiger partial charge is 0.324 e. The van der Waals surface area contributed by atoms with Gasteiger partial charge in [0.05, 0.1) is 12.9 Å². The molecule has 2 aliphatic rings. The highest BCUT2D eigenvalue weighted by molar-refractivity contribution is 7.88. The summed E-state index contributed by atoms with van der Waals surface area (Å²) in [5, 5.41) is 0. The van der Waals surface area contributed by atoms with Gasteiger partial charge in [-0.1, -0.05) is 36.8 Å². The maximum absolute atomic E-state index is 12.8. The lowest BCUT2D eigenvalue weighted by Gasteiger charge is -2.25. The van der Waals surface area contributed by atoms with Gasteiger partial charge in [0.15, 0.2) is 0 Å². The molecule has 0 bridgehead atoms. The van der Waals surface area contributed by atoms with Gasteiger partial charge in [0.2, 0.25) is 10.0 Å². The summed E-state index contributed by atoms with van der Waals surface area (Å²) in [5.41, 5.74) is 0.739. The number of carbonyl (C=O) groups is 1. The zero-order valence-corrected chi connectivity index (χ0v) is 13.5. The number of rotatable bonds is 4. The van der Waals surface area contributed by atoms with Gasteiger partial charge in [-0.05, 0) is 30.2 Å². The van der Waals surface area contributed by atoms with Gasteiger partial charge in [0.25, 0.3) is 0 Å². The SMILES string of the molecule is COC(=O)[C@@H]1[C@H]2CCC[C@H]2CN1S(=O)(=O)Cc1ccccc1. The minimum atomic E-state index is -3.53. The maximum atomic E-state index is 12.8. The number of carbonyl (C=O) groups excluding carboxylic acids is 1. The molecule has 3 rings (SSSR count). The van der Waals surface area contributed by atoms with Gasteiger partial charge >= 0.3 is 5.97 Å². The van der Waals surface area contributed by atoms with Crippen molar-refractivity contribution in [3.63, 3.8) is 0 Å². The van der Waals surface area contributed by atoms with Crippen LogP contribution in [0.1, 0.15) is 24.8 Å². The van der Waals surface area contributed by atoms with Crippen molar-refractivity contribution in [2.75, 3.05) is 13.7 Å². The van der Waals surface area contributed by atoms with Crippen LogP contribution < -0.4 is 0 Å². The van der Waals surface area contributed by atoms with Crippen molar-refractivity contribution in [1.82, 2.24) is 4.31 Å². The van der Waals surface area contributed by atoms with E-state index in [1.807, 2.05) is 18.2 Å². The third-order valence-electron chi connectivity index (χ3n) is 4.84. The third-order valence-corrected chi connectivity index (χ3v) is 6.63. The molecule has 0 radical (unpaired) electrons. The third kappa shape index (κ3) is 2.77. The summed E-state index contributed by atoms with van der Waals surface area (Å²) in [7, 11) is -2.20. The Balaban J connectivity index is 1.86. The second-order valence-corrected chi connectivity index (χ2v) is 8.06. The first-order valence-corrected chi connectivity index (χ1v) is 9.25. The van der Waals surface area contributed by atoms with Crippen LogP contribution in [-0.2, 0) is 25.3 Å². The second kappa shape index (κ2) is 6.01. The summed E-state index contributed by atoms with van der Waals surface area (Å²) in [6.07, 6.45) is 2.96. The summed E-state index contributed by atoms with van der Waals surface area (Å²) in [5.74, 6) is -0.0977. The fourth-order valence-corrected chi connectivity index (χ4v) is 5.62. The van der Waals surface area contributed by atoms with Crippen molar-refractivity contribution < 1.29 is 17.9 Å². The molecular formula is C16H21NO4S. The number of esters is 1. The van der Waals surface area contributed by atoms with Gasteiger partial charge in [-0.15, -0.1) is 0 Å². The van der Waals surface area contributed by atoms with Crippen molar-refractivity contribution in [3.8, 4) is 0 Å². The Labute approximate surface area is 131 Å². The van der Waals surface area contributed by atoms with E-state index in [-0.39, 0.29) is 17.6 Å². The molecule has 0 spiro atoms. The van der Waals surface area contributed by atoms with Gasteiger partial charge < -0.3 is 4.74 Å². The molecule has 120 valence electrons. The number of ether oxygens (including phenoxy) is 1. The molecule has 6 heteroatoms. The first kappa shape index (κ1) is 15.5. The average Bonchev–Trinajstić information content (AvgIpc) is 3.07. The number of sulfonamides is 1. The van der Waals surface area contributed by atoms with Crippen LogP contribution in [0, 0.1) is 11.8 Å². The van der Waals surface area contributed by atoms with Crippen LogP contribution >= 0.6 is 0 Å². The normalized spacial score (nSPS) is 28.5. The Bertz CT molecular complexity index is 643. The summed E-state index contributed by atoms with van der Waals surface area (Å²) >= 11 is 0. The van der Waals surface area contributed by atoms with Gasteiger partial charge in [-0.3, -0.25) is 4.79 Å². The number of nitrogens with zero attached hydrogens (tertiary/aromatic N) is 1. The molecule has 1 heterocycles. The van der Waals surface area contributed by atoms with Crippen LogP contribution in [-0.4, -0.2) is 38.4 Å². The van der Waals surface area contributed by atoms with E-state index in [9.17, 15) is 13.2 Å². The Kier molecular flexibility index (Phi) is 4.23. The van der Waals surface area contributed by atoms with Gasteiger partial charge in [0, 0.05) is 6.54 Å². The molecule has 1 saturated carbocycles. The van der Waals surface area contributed by atoms with Crippen LogP contribution in [0.2, 0.25) is 0 Å². The predicted molar refractivity (Wildman–Crippen MR) is 82.4 cm³/mol. The van der Waals surface area contributed by atoms with Gasteiger partial charge in [-0.25, -0.2) is 8.42 Å². The minimum Gasteiger partial charge on any atom is -0.468 e. The summed E-state index contributed by atoms with van der Waals surface area (Å²) in [6, 6.07) is 8.44. The standard InChI is InChI=1S/C16H21NO4S/c1-21-16(18)15-14-9-5-8-13(14)10-17(15)22(19,20)11-12-6-3-2-4-7-12/h2-4,6-7,13-15H,5,8-11H2,1H3/t13-,14-,15-/m0/s1. The molecule has 0 aromatic heterocycles. The van der Waals surface area contributed by atoms with Crippen LogP contribution in [0.4, 0.5) is 0 Å². The highest BCUT2D eigenvalue weighted by Gasteiger charge is 2.52. The molecule has 1 aromatic carbocycles. The van der Waals surface area contributed by atoms with E-state index in [1.165, 1.54) is 11.4 Å². The van der Waals surface area contributed by atoms with E-state index >= 15 is 0 Å². The van der Waals surface area contributed by atoms with Crippen LogP contribution in [0.3, 0.4) is 0 Å². The first-order chi connectivity index (χ1) is 10.5. The molecule has 1 aromatic rings. The molecule has 1 aliphatic heterocycles. The molecular weight excluding hydrogens is 302 g/mol. The monoisotopic (exact) mass is 323 g/mol. The highest BCUT2D eigenvalue weighted by atomic mass is 32.2. The van der Waals surface area contributed by atoms with E-state index in [0.717, 1.165) is 24.8 Å². The largest absolute Gasteiger partial charge is 0.468 e. The quantitative estimate of drug-likeness (QED) is 0.793. The zero-order chi connectivity index (χ0) is 15.7. The molecule has 0 N–H and O–H groups in total. The molecule has 0 amide bonds. The topological polar surface area (TPSA) is 63.7 Å². The fourth-order valence-electron chi connectivity index (χ4n) is 3.83. The van der Waals surface area contributed by atoms with Gasteiger partial charge in [-0.2, -0.15) is 4.31 Å². The first-order valence-electron chi connectivity index (χ1n) is 7.64. The fraction of sp³-hybridized carbons (Fsp3) is 0.562. The van der Waals surface area contributed by atoms with Crippen molar-refractivity contribution in [2.45, 2.75) is 31.1 Å². The number of benzene rings is 1. The Morgan fingerprint density at radius 2 is 2.00 bits per heavy atom. The van der Waals surface area contributed by atoms with E-state index in [1.54, 1.807) is 12.1 Å². The van der Waals surface area contributed by atoms with Gasteiger partial charge in [0.1, 0.15) is 6.04 Å². The Morgan fingerprint density at radius 3 is 2.68 bits per heavy atom. The molecule has 1 aliphatic carbocycles. The van der Waals surface area contributed by atoms with E-state index in [4.69, 9.17) is 4.74 Å². The van der Waals surface area contributed by atoms with Crippen LogP contribution in [0.25, 0.3) is 0 Å². The summed E-state index contributed by atoms with van der Waals surface area (Å²) < 4.78 is 31.8. The minimum absolute atomic E-state index is 0.0687. The zero-order valence-electron chi connectivity index (χ0n) is 12.6. The lowest BCUT2D eigenvalue weighted by atomic mass is 9.94. The predicted octanol–water partition coefficient (Wildman–Crippen LogP) is 1.79. The number of hydrogen-bond donors (Lipinski definition) is 0. The highest BCUT2D eigenvalue weighted by Crippen LogP contribution is 2.44. The van der Waals surface area contributed by atoms with Crippen molar-refractivity contribution in [2.24, 2.45) is 11.8 Å². The van der Waals surface area contributed by atoms with Crippen LogP contribution in [0.5, 0.6) is 0 Å². The van der Waals surface area contributed by atoms with Crippen LogP contribution in [0.15, 0.2) is 30.3 Å². The number of methoxy groups -OCH3 is 1. The number of fused-ring (bicyclic) bond motifs is 1. The van der Waals surface area contributed by atoms with Crippen molar-refractivity contribution >= 4 is 16.0 Å². The van der Waals surface area contributed by atoms with Crippen molar-refractivity contribution in [3.05, 3.63) is 35.9 Å². The summed E-state index contributed by atoms with van der Waals surface area (Å²) in [4.78, 5) is 12.1. The van der Waals surface area contributed by atoms with E-state index in [0.29, 0.717) is 6.54 Å². The molecule has 0 unspecified atom stereocenters. The van der Waals surface area contributed by atoms with Crippen molar-refractivity contribution in [1.29, 1.82) is 0 Å². The lowest BCUT2D eigenvalue weighted by molar-refractivity contribution is -0.145. The van der Waals surface area contributed by atoms with E-state index in [2.05, 4.69) is 0 Å². The maximum Gasteiger partial charge on any atom is 0.324 e. The molecule has 22 heavy (non-hydrogen) atoms. The molecule has 2 fully saturated rings. The summed E-state index contributed by atoms with van der Waals surface area (Å²) in [6.45, 7) is 0.444. The lowest BCUT2D eigenvalue weighted by Crippen LogP contribution is -2.44. The Hall–Kier alpha value is -1.40. The Morgan fingerprint density at radius 1 is 1.27 bits per heavy atom. The molecule has 1 saturated heterocycles. The van der Waals surface area contributed by atoms with E-state index < -0.39 is 22.0 Å². The second-order valence-electron chi connectivity index (χ2n) is 6.13. The molecule has 5 nitrogen and oxygen atoms in total.